The maximum atomic E-state index is 13.2. The third-order valence-electron chi connectivity index (χ3n) is 2.84. The van der Waals surface area contributed by atoms with Crippen LogP contribution in [-0.4, -0.2) is 18.8 Å². The van der Waals surface area contributed by atoms with Gasteiger partial charge in [-0.3, -0.25) is 0 Å². The fraction of sp³-hybridized carbons (Fsp3) is 0.538. The molecule has 0 radical (unpaired) electrons. The molecule has 1 aromatic rings. The maximum absolute atomic E-state index is 13.2. The van der Waals surface area contributed by atoms with Gasteiger partial charge in [0.2, 0.25) is 0 Å². The summed E-state index contributed by atoms with van der Waals surface area (Å²) in [5, 5.41) is 0.623. The molecular weight excluding hydrogens is 287 g/mol. The van der Waals surface area contributed by atoms with E-state index >= 15 is 0 Å². The van der Waals surface area contributed by atoms with E-state index in [9.17, 15) is 4.39 Å². The van der Waals surface area contributed by atoms with E-state index in [4.69, 9.17) is 9.47 Å². The minimum Gasteiger partial charge on any atom is -0.491 e. The molecule has 1 fully saturated rings. The second-order valence-corrected chi connectivity index (χ2v) is 4.95. The number of ether oxygens (including phenoxy) is 2. The summed E-state index contributed by atoms with van der Waals surface area (Å²) in [5.74, 6) is 0.306. The highest BCUT2D eigenvalue weighted by Crippen LogP contribution is 2.22. The van der Waals surface area contributed by atoms with E-state index in [1.807, 2.05) is 6.07 Å². The van der Waals surface area contributed by atoms with Crippen molar-refractivity contribution in [2.75, 3.05) is 6.61 Å². The number of benzene rings is 1. The Morgan fingerprint density at radius 2 is 2.24 bits per heavy atom. The van der Waals surface area contributed by atoms with Crippen molar-refractivity contribution in [2.45, 2.75) is 37.3 Å². The lowest BCUT2D eigenvalue weighted by Gasteiger charge is -2.13. The van der Waals surface area contributed by atoms with Gasteiger partial charge in [-0.05, 0) is 37.5 Å². The van der Waals surface area contributed by atoms with E-state index in [0.717, 1.165) is 18.4 Å². The van der Waals surface area contributed by atoms with Crippen molar-refractivity contribution in [2.24, 2.45) is 0 Å². The molecule has 94 valence electrons. The van der Waals surface area contributed by atoms with Crippen molar-refractivity contribution in [3.63, 3.8) is 0 Å². The SMILES string of the molecule is CC1CCC(COc2cc(F)cc(CBr)c2)O1. The lowest BCUT2D eigenvalue weighted by Crippen LogP contribution is -2.17. The molecule has 17 heavy (non-hydrogen) atoms. The molecule has 4 heteroatoms. The van der Waals surface area contributed by atoms with E-state index in [1.165, 1.54) is 12.1 Å². The summed E-state index contributed by atoms with van der Waals surface area (Å²) in [4.78, 5) is 0. The molecule has 2 nitrogen and oxygen atoms in total. The van der Waals surface area contributed by atoms with Gasteiger partial charge in [-0.15, -0.1) is 0 Å². The zero-order valence-corrected chi connectivity index (χ0v) is 11.4. The third-order valence-corrected chi connectivity index (χ3v) is 3.49. The molecule has 0 amide bonds. The number of halogens is 2. The molecule has 2 rings (SSSR count). The smallest absolute Gasteiger partial charge is 0.127 e. The summed E-state index contributed by atoms with van der Waals surface area (Å²) < 4.78 is 24.5. The topological polar surface area (TPSA) is 18.5 Å². The molecular formula is C13H16BrFO2. The van der Waals surface area contributed by atoms with Crippen molar-refractivity contribution < 1.29 is 13.9 Å². The monoisotopic (exact) mass is 302 g/mol. The van der Waals surface area contributed by atoms with Crippen molar-refractivity contribution in [1.82, 2.24) is 0 Å². The predicted molar refractivity (Wildman–Crippen MR) is 68.1 cm³/mol. The van der Waals surface area contributed by atoms with E-state index in [-0.39, 0.29) is 11.9 Å². The van der Waals surface area contributed by atoms with Gasteiger partial charge in [-0.2, -0.15) is 0 Å². The Hall–Kier alpha value is -0.610. The molecule has 0 aliphatic carbocycles. The molecule has 1 heterocycles. The van der Waals surface area contributed by atoms with Gasteiger partial charge in [0.1, 0.15) is 18.2 Å². The van der Waals surface area contributed by atoms with Crippen LogP contribution in [0.15, 0.2) is 18.2 Å². The standard InChI is InChI=1S/C13H16BrFO2/c1-9-2-3-12(17-9)8-16-13-5-10(7-14)4-11(15)6-13/h4-6,9,12H,2-3,7-8H2,1H3. The second kappa shape index (κ2) is 5.83. The second-order valence-electron chi connectivity index (χ2n) is 4.39. The van der Waals surface area contributed by atoms with E-state index < -0.39 is 0 Å². The fourth-order valence-corrected chi connectivity index (χ4v) is 2.30. The molecule has 0 saturated carbocycles. The van der Waals surface area contributed by atoms with Crippen molar-refractivity contribution in [3.05, 3.63) is 29.6 Å². The van der Waals surface area contributed by atoms with Crippen LogP contribution in [0.2, 0.25) is 0 Å². The molecule has 0 aromatic heterocycles. The van der Waals surface area contributed by atoms with Crippen LogP contribution < -0.4 is 4.74 Å². The number of rotatable bonds is 4. The van der Waals surface area contributed by atoms with Crippen LogP contribution in [-0.2, 0) is 10.1 Å². The Kier molecular flexibility index (Phi) is 4.40. The molecule has 0 bridgehead atoms. The first-order valence-corrected chi connectivity index (χ1v) is 6.93. The maximum Gasteiger partial charge on any atom is 0.127 e. The average molecular weight is 303 g/mol. The lowest BCUT2D eigenvalue weighted by atomic mass is 10.2. The van der Waals surface area contributed by atoms with Crippen molar-refractivity contribution in [1.29, 1.82) is 0 Å². The molecule has 1 saturated heterocycles. The first-order valence-electron chi connectivity index (χ1n) is 5.81. The summed E-state index contributed by atoms with van der Waals surface area (Å²) >= 11 is 3.30. The van der Waals surface area contributed by atoms with E-state index in [0.29, 0.717) is 23.8 Å². The fourth-order valence-electron chi connectivity index (χ4n) is 1.98. The van der Waals surface area contributed by atoms with Crippen LogP contribution in [0.3, 0.4) is 0 Å². The minimum absolute atomic E-state index is 0.140. The molecule has 2 unspecified atom stereocenters. The third kappa shape index (κ3) is 3.68. The van der Waals surface area contributed by atoms with E-state index in [2.05, 4.69) is 22.9 Å². The summed E-state index contributed by atoms with van der Waals surface area (Å²) in [6.45, 7) is 2.56. The zero-order chi connectivity index (χ0) is 12.3. The highest BCUT2D eigenvalue weighted by Gasteiger charge is 2.22. The first kappa shape index (κ1) is 12.8. The van der Waals surface area contributed by atoms with Crippen LogP contribution >= 0.6 is 15.9 Å². The zero-order valence-electron chi connectivity index (χ0n) is 9.79. The van der Waals surface area contributed by atoms with Gasteiger partial charge in [0.25, 0.3) is 0 Å². The van der Waals surface area contributed by atoms with Crippen LogP contribution in [0, 0.1) is 5.82 Å². The van der Waals surface area contributed by atoms with Gasteiger partial charge < -0.3 is 9.47 Å². The minimum atomic E-state index is -0.266. The van der Waals surface area contributed by atoms with Crippen LogP contribution in [0.4, 0.5) is 4.39 Å². The van der Waals surface area contributed by atoms with Crippen LogP contribution in [0.25, 0.3) is 0 Å². The van der Waals surface area contributed by atoms with E-state index in [1.54, 1.807) is 0 Å². The molecule has 1 aliphatic heterocycles. The molecule has 0 spiro atoms. The van der Waals surface area contributed by atoms with Gasteiger partial charge in [-0.1, -0.05) is 15.9 Å². The number of hydrogen-bond donors (Lipinski definition) is 0. The van der Waals surface area contributed by atoms with Gasteiger partial charge in [-0.25, -0.2) is 4.39 Å². The Morgan fingerprint density at radius 3 is 2.88 bits per heavy atom. The molecule has 2 atom stereocenters. The highest BCUT2D eigenvalue weighted by atomic mass is 79.9. The Morgan fingerprint density at radius 1 is 1.41 bits per heavy atom. The van der Waals surface area contributed by atoms with Gasteiger partial charge in [0, 0.05) is 11.4 Å². The van der Waals surface area contributed by atoms with Crippen molar-refractivity contribution >= 4 is 15.9 Å². The highest BCUT2D eigenvalue weighted by molar-refractivity contribution is 9.08. The Bertz CT molecular complexity index is 384. The number of alkyl halides is 1. The number of hydrogen-bond acceptors (Lipinski definition) is 2. The molecule has 1 aromatic carbocycles. The lowest BCUT2D eigenvalue weighted by molar-refractivity contribution is 0.0264. The summed E-state index contributed by atoms with van der Waals surface area (Å²) in [7, 11) is 0. The largest absolute Gasteiger partial charge is 0.491 e. The summed E-state index contributed by atoms with van der Waals surface area (Å²) in [6.07, 6.45) is 2.54. The van der Waals surface area contributed by atoms with Crippen molar-refractivity contribution in [3.8, 4) is 5.75 Å². The average Bonchev–Trinajstić information content (AvgIpc) is 2.72. The Balaban J connectivity index is 1.92. The van der Waals surface area contributed by atoms with Gasteiger partial charge >= 0.3 is 0 Å². The Labute approximate surface area is 109 Å². The normalized spacial score (nSPS) is 23.9. The van der Waals surface area contributed by atoms with Crippen LogP contribution in [0.1, 0.15) is 25.3 Å². The molecule has 0 N–H and O–H groups in total. The predicted octanol–water partition coefficient (Wildman–Crippen LogP) is 3.67. The van der Waals surface area contributed by atoms with Crippen LogP contribution in [0.5, 0.6) is 5.75 Å². The molecule has 1 aliphatic rings. The first-order chi connectivity index (χ1) is 8.17. The summed E-state index contributed by atoms with van der Waals surface area (Å²) in [5.41, 5.74) is 0.876. The quantitative estimate of drug-likeness (QED) is 0.790. The van der Waals surface area contributed by atoms with Gasteiger partial charge in [0.05, 0.1) is 12.2 Å². The summed E-state index contributed by atoms with van der Waals surface area (Å²) in [6, 6.07) is 4.75. The van der Waals surface area contributed by atoms with Gasteiger partial charge in [0.15, 0.2) is 0 Å².